The van der Waals surface area contributed by atoms with Gasteiger partial charge in [-0.3, -0.25) is 0 Å². The van der Waals surface area contributed by atoms with Gasteiger partial charge < -0.3 is 0 Å². The molecule has 0 aliphatic rings. The van der Waals surface area contributed by atoms with Crippen LogP contribution in [0, 0.1) is 0 Å². The summed E-state index contributed by atoms with van der Waals surface area (Å²) >= 11 is 1.03. The van der Waals surface area contributed by atoms with Gasteiger partial charge in [-0.05, 0) is 0 Å². The third-order valence-electron chi connectivity index (χ3n) is 1.03. The molecule has 0 spiro atoms. The summed E-state index contributed by atoms with van der Waals surface area (Å²) in [5.74, 6) is -0.942. The van der Waals surface area contributed by atoms with Crippen LogP contribution in [0.25, 0.3) is 0 Å². The van der Waals surface area contributed by atoms with E-state index < -0.39 is 16.3 Å². The van der Waals surface area contributed by atoms with Crippen LogP contribution in [0.15, 0.2) is 0 Å². The fourth-order valence-corrected chi connectivity index (χ4v) is 0.302. The van der Waals surface area contributed by atoms with Crippen molar-refractivity contribution in [3.05, 3.63) is 0 Å². The van der Waals surface area contributed by atoms with Gasteiger partial charge in [-0.25, -0.2) is 0 Å². The molecule has 0 bridgehead atoms. The van der Waals surface area contributed by atoms with Crippen molar-refractivity contribution in [2.24, 2.45) is 0 Å². The first-order valence-electron chi connectivity index (χ1n) is 2.56. The predicted molar refractivity (Wildman–Crippen MR) is 36.2 cm³/mol. The monoisotopic (exact) mass is 194 g/mol. The molecule has 0 aromatic heterocycles. The SMILES string of the molecule is CC(C)(O)C([AsH2])C(=O)O. The Morgan fingerprint density at radius 3 is 2.00 bits per heavy atom. The van der Waals surface area contributed by atoms with Gasteiger partial charge in [-0.1, -0.05) is 0 Å². The fraction of sp³-hybridized carbons (Fsp3) is 0.800. The van der Waals surface area contributed by atoms with Gasteiger partial charge in [-0.2, -0.15) is 0 Å². The van der Waals surface area contributed by atoms with E-state index in [1.165, 1.54) is 13.8 Å². The summed E-state index contributed by atoms with van der Waals surface area (Å²) in [6.07, 6.45) is 0. The van der Waals surface area contributed by atoms with Gasteiger partial charge in [0.25, 0.3) is 0 Å². The van der Waals surface area contributed by atoms with Crippen molar-refractivity contribution in [1.29, 1.82) is 0 Å². The molecule has 0 heterocycles. The average Bonchev–Trinajstić information content (AvgIpc) is 1.62. The van der Waals surface area contributed by atoms with Crippen LogP contribution in [0.1, 0.15) is 13.8 Å². The molecule has 0 saturated carbocycles. The normalized spacial score (nSPS) is 15.1. The Balaban J connectivity index is 4.04. The Morgan fingerprint density at radius 2 is 2.00 bits per heavy atom. The first-order chi connectivity index (χ1) is 3.85. The molecule has 0 aliphatic carbocycles. The molecule has 2 N–H and O–H groups in total. The molecule has 0 amide bonds. The molecule has 0 aromatic rings. The van der Waals surface area contributed by atoms with Gasteiger partial charge in [0.15, 0.2) is 0 Å². The Kier molecular flexibility index (Phi) is 2.71. The van der Waals surface area contributed by atoms with Crippen LogP contribution < -0.4 is 0 Å². The fourth-order valence-electron chi connectivity index (χ4n) is 0.302. The van der Waals surface area contributed by atoms with Crippen molar-refractivity contribution in [2.45, 2.75) is 24.2 Å². The number of carboxylic acid groups (broad SMARTS) is 1. The number of rotatable bonds is 2. The molecule has 0 radical (unpaired) electrons. The van der Waals surface area contributed by atoms with Gasteiger partial charge in [0.05, 0.1) is 0 Å². The third kappa shape index (κ3) is 2.87. The quantitative estimate of drug-likeness (QED) is 0.569. The molecule has 2 unspecified atom stereocenters. The number of hydrogen-bond acceptors (Lipinski definition) is 2. The number of aliphatic carboxylic acids is 1. The Hall–Kier alpha value is -0.0116. The first-order valence-corrected chi connectivity index (χ1v) is 3.96. The van der Waals surface area contributed by atoms with Crippen LogP contribution in [0.5, 0.6) is 0 Å². The number of hydrogen-bond donors (Lipinski definition) is 2. The van der Waals surface area contributed by atoms with Crippen molar-refractivity contribution in [2.75, 3.05) is 0 Å². The summed E-state index contributed by atoms with van der Waals surface area (Å²) in [6, 6.07) is 0. The molecule has 2 atom stereocenters. The van der Waals surface area contributed by atoms with Crippen LogP contribution in [0.3, 0.4) is 0 Å². The second kappa shape index (κ2) is 2.71. The Morgan fingerprint density at radius 1 is 1.67 bits per heavy atom. The van der Waals surface area contributed by atoms with Gasteiger partial charge in [0.1, 0.15) is 0 Å². The Labute approximate surface area is 62.6 Å². The number of carbonyl (C=O) groups is 1. The topological polar surface area (TPSA) is 57.5 Å². The maximum absolute atomic E-state index is 10.2. The maximum atomic E-state index is 10.2. The molecule has 54 valence electrons. The van der Waals surface area contributed by atoms with Crippen LogP contribution in [0.4, 0.5) is 0 Å². The standard InChI is InChI=1S/C5H11AsO3/c1-5(2,9)3(6)4(7)8/h3,9H,6H2,1-2H3,(H,7,8). The predicted octanol–water partition coefficient (Wildman–Crippen LogP) is -0.737. The van der Waals surface area contributed by atoms with Crippen LogP contribution >= 0.6 is 0 Å². The molecule has 0 rings (SSSR count). The van der Waals surface area contributed by atoms with E-state index in [0.29, 0.717) is 0 Å². The summed E-state index contributed by atoms with van der Waals surface area (Å²) < 4.78 is -0.648. The zero-order valence-corrected chi connectivity index (χ0v) is 7.88. The van der Waals surface area contributed by atoms with Gasteiger partial charge in [0.2, 0.25) is 0 Å². The minimum absolute atomic E-state index is 0.648. The zero-order valence-electron chi connectivity index (χ0n) is 5.46. The third-order valence-corrected chi connectivity index (χ3v) is 3.34. The summed E-state index contributed by atoms with van der Waals surface area (Å²) in [4.78, 5) is 10.2. The van der Waals surface area contributed by atoms with Crippen LogP contribution in [-0.4, -0.2) is 38.6 Å². The summed E-state index contributed by atoms with van der Waals surface area (Å²) in [5.41, 5.74) is -1.09. The zero-order chi connectivity index (χ0) is 7.65. The second-order valence-electron chi connectivity index (χ2n) is 2.47. The minimum atomic E-state index is -1.09. The van der Waals surface area contributed by atoms with Crippen LogP contribution in [-0.2, 0) is 4.79 Å². The van der Waals surface area contributed by atoms with E-state index in [0.717, 1.165) is 16.9 Å². The Bertz CT molecular complexity index is 116. The molecule has 3 nitrogen and oxygen atoms in total. The average molecular weight is 194 g/mol. The molecular formula is C5H11AsO3. The van der Waals surface area contributed by atoms with Crippen molar-refractivity contribution in [1.82, 2.24) is 0 Å². The van der Waals surface area contributed by atoms with Gasteiger partial charge >= 0.3 is 62.0 Å². The molecular weight excluding hydrogens is 183 g/mol. The number of aliphatic hydroxyl groups is 1. The van der Waals surface area contributed by atoms with E-state index in [4.69, 9.17) is 10.2 Å². The summed E-state index contributed by atoms with van der Waals surface area (Å²) in [5, 5.41) is 17.5. The molecule has 4 heteroatoms. The van der Waals surface area contributed by atoms with Crippen molar-refractivity contribution in [3.63, 3.8) is 0 Å². The van der Waals surface area contributed by atoms with E-state index in [9.17, 15) is 4.79 Å². The second-order valence-corrected chi connectivity index (χ2v) is 3.87. The molecule has 0 aliphatic heterocycles. The molecule has 0 aromatic carbocycles. The van der Waals surface area contributed by atoms with Gasteiger partial charge in [0, 0.05) is 0 Å². The van der Waals surface area contributed by atoms with E-state index >= 15 is 0 Å². The molecule has 9 heavy (non-hydrogen) atoms. The molecule has 0 saturated heterocycles. The van der Waals surface area contributed by atoms with Crippen molar-refractivity contribution in [3.8, 4) is 0 Å². The molecule has 0 fully saturated rings. The summed E-state index contributed by atoms with van der Waals surface area (Å²) in [6.45, 7) is 2.99. The summed E-state index contributed by atoms with van der Waals surface area (Å²) in [7, 11) is 0. The van der Waals surface area contributed by atoms with E-state index in [2.05, 4.69) is 0 Å². The van der Waals surface area contributed by atoms with Crippen molar-refractivity contribution >= 4 is 22.8 Å². The van der Waals surface area contributed by atoms with Crippen LogP contribution in [0.2, 0.25) is 4.71 Å². The van der Waals surface area contributed by atoms with E-state index in [-0.39, 0.29) is 0 Å². The van der Waals surface area contributed by atoms with Gasteiger partial charge in [-0.15, -0.1) is 0 Å². The van der Waals surface area contributed by atoms with E-state index in [1.807, 2.05) is 0 Å². The number of carboxylic acids is 1. The first kappa shape index (κ1) is 8.99. The van der Waals surface area contributed by atoms with Crippen molar-refractivity contribution < 1.29 is 15.0 Å². The van der Waals surface area contributed by atoms with E-state index in [1.54, 1.807) is 0 Å².